The van der Waals surface area contributed by atoms with Crippen LogP contribution < -0.4 is 0 Å². The number of rotatable bonds is 3. The summed E-state index contributed by atoms with van der Waals surface area (Å²) in [6.45, 7) is 1.65. The Hall–Kier alpha value is -1.23. The van der Waals surface area contributed by atoms with Crippen LogP contribution >= 0.6 is 11.6 Å². The van der Waals surface area contributed by atoms with E-state index >= 15 is 0 Å². The lowest BCUT2D eigenvalue weighted by Gasteiger charge is -2.08. The molecule has 1 aromatic heterocycles. The van der Waals surface area contributed by atoms with E-state index in [-0.39, 0.29) is 17.1 Å². The van der Waals surface area contributed by atoms with E-state index in [9.17, 15) is 13.6 Å². The molecule has 0 N–H and O–H groups in total. The van der Waals surface area contributed by atoms with Gasteiger partial charge in [0.1, 0.15) is 5.69 Å². The van der Waals surface area contributed by atoms with Gasteiger partial charge in [-0.3, -0.25) is 4.79 Å². The molecule has 16 heavy (non-hydrogen) atoms. The first-order valence-corrected chi connectivity index (χ1v) is 4.84. The Morgan fingerprint density at radius 3 is 2.75 bits per heavy atom. The first-order valence-electron chi connectivity index (χ1n) is 4.46. The van der Waals surface area contributed by atoms with Crippen LogP contribution in [-0.2, 0) is 16.0 Å². The van der Waals surface area contributed by atoms with E-state index in [2.05, 4.69) is 9.72 Å². The molecule has 1 aromatic rings. The maximum absolute atomic E-state index is 12.5. The van der Waals surface area contributed by atoms with Crippen LogP contribution in [0.1, 0.15) is 23.4 Å². The molecule has 3 nitrogen and oxygen atoms in total. The second-order valence-corrected chi connectivity index (χ2v) is 3.58. The van der Waals surface area contributed by atoms with Gasteiger partial charge in [0, 0.05) is 0 Å². The van der Waals surface area contributed by atoms with Crippen molar-refractivity contribution in [1.82, 2.24) is 4.98 Å². The van der Waals surface area contributed by atoms with Crippen molar-refractivity contribution in [1.29, 1.82) is 0 Å². The zero-order chi connectivity index (χ0) is 12.3. The number of methoxy groups -OCH3 is 1. The Bertz CT molecular complexity index is 410. The molecule has 0 aliphatic carbocycles. The molecular formula is C10H10ClF2NO2. The minimum absolute atomic E-state index is 0.0962. The third-order valence-electron chi connectivity index (χ3n) is 2.04. The van der Waals surface area contributed by atoms with Gasteiger partial charge in [0.25, 0.3) is 6.43 Å². The van der Waals surface area contributed by atoms with E-state index < -0.39 is 18.1 Å². The molecule has 0 fully saturated rings. The summed E-state index contributed by atoms with van der Waals surface area (Å²) in [4.78, 5) is 14.7. The van der Waals surface area contributed by atoms with Crippen molar-refractivity contribution < 1.29 is 18.3 Å². The monoisotopic (exact) mass is 249 g/mol. The summed E-state index contributed by atoms with van der Waals surface area (Å²) in [5, 5.41) is -0.0962. The largest absolute Gasteiger partial charge is 0.469 e. The molecule has 88 valence electrons. The molecule has 0 saturated carbocycles. The number of aromatic nitrogens is 1. The Kier molecular flexibility index (Phi) is 4.18. The van der Waals surface area contributed by atoms with Crippen molar-refractivity contribution in [2.75, 3.05) is 7.11 Å². The molecule has 0 spiro atoms. The van der Waals surface area contributed by atoms with Crippen molar-refractivity contribution in [2.45, 2.75) is 19.8 Å². The third-order valence-corrected chi connectivity index (χ3v) is 2.35. The topological polar surface area (TPSA) is 39.2 Å². The molecule has 0 saturated heterocycles. The van der Waals surface area contributed by atoms with Crippen LogP contribution in [-0.4, -0.2) is 18.1 Å². The van der Waals surface area contributed by atoms with Crippen LogP contribution in [0.5, 0.6) is 0 Å². The van der Waals surface area contributed by atoms with Gasteiger partial charge in [0.2, 0.25) is 0 Å². The molecule has 1 rings (SSSR count). The van der Waals surface area contributed by atoms with Crippen LogP contribution in [0.15, 0.2) is 6.07 Å². The highest BCUT2D eigenvalue weighted by Crippen LogP contribution is 2.27. The quantitative estimate of drug-likeness (QED) is 0.773. The van der Waals surface area contributed by atoms with Crippen molar-refractivity contribution >= 4 is 17.6 Å². The van der Waals surface area contributed by atoms with E-state index in [1.807, 2.05) is 0 Å². The Balaban J connectivity index is 3.09. The number of pyridine rings is 1. The van der Waals surface area contributed by atoms with Gasteiger partial charge in [-0.2, -0.15) is 0 Å². The maximum atomic E-state index is 12.5. The zero-order valence-corrected chi connectivity index (χ0v) is 9.52. The summed E-state index contributed by atoms with van der Waals surface area (Å²) in [5.41, 5.74) is 0.331. The number of halogens is 3. The number of aryl methyl sites for hydroxylation is 1. The molecule has 0 atom stereocenters. The number of ether oxygens (including phenoxy) is 1. The van der Waals surface area contributed by atoms with Crippen LogP contribution in [0.25, 0.3) is 0 Å². The normalized spacial score (nSPS) is 10.6. The molecule has 6 heteroatoms. The lowest BCUT2D eigenvalue weighted by Crippen LogP contribution is -2.09. The summed E-state index contributed by atoms with van der Waals surface area (Å²) >= 11 is 5.61. The van der Waals surface area contributed by atoms with E-state index in [0.29, 0.717) is 5.56 Å². The number of carbonyl (C=O) groups is 1. The van der Waals surface area contributed by atoms with Crippen LogP contribution in [0, 0.1) is 6.92 Å². The van der Waals surface area contributed by atoms with Crippen molar-refractivity contribution in [3.8, 4) is 0 Å². The van der Waals surface area contributed by atoms with Gasteiger partial charge < -0.3 is 4.74 Å². The van der Waals surface area contributed by atoms with Gasteiger partial charge in [-0.05, 0) is 18.6 Å². The standard InChI is InChI=1S/C10H10ClF2NO2/c1-5-3-6(11)9(10(12)13)14-7(5)4-8(15)16-2/h3,10H,4H2,1-2H3. The lowest BCUT2D eigenvalue weighted by atomic mass is 10.1. The van der Waals surface area contributed by atoms with Crippen LogP contribution in [0.3, 0.4) is 0 Å². The third kappa shape index (κ3) is 2.88. The molecule has 0 unspecified atom stereocenters. The highest BCUT2D eigenvalue weighted by molar-refractivity contribution is 6.31. The Morgan fingerprint density at radius 1 is 1.62 bits per heavy atom. The van der Waals surface area contributed by atoms with E-state index in [4.69, 9.17) is 11.6 Å². The molecule has 0 bridgehead atoms. The summed E-state index contributed by atoms with van der Waals surface area (Å²) in [5.74, 6) is -0.530. The fourth-order valence-corrected chi connectivity index (χ4v) is 1.46. The molecule has 0 aliphatic heterocycles. The number of alkyl halides is 2. The van der Waals surface area contributed by atoms with E-state index in [1.54, 1.807) is 6.92 Å². The summed E-state index contributed by atoms with van der Waals surface area (Å²) in [7, 11) is 1.22. The molecule has 0 radical (unpaired) electrons. The average Bonchev–Trinajstić information content (AvgIpc) is 2.21. The average molecular weight is 250 g/mol. The predicted molar refractivity (Wildman–Crippen MR) is 54.7 cm³/mol. The number of nitrogens with zero attached hydrogens (tertiary/aromatic N) is 1. The molecular weight excluding hydrogens is 240 g/mol. The second-order valence-electron chi connectivity index (χ2n) is 3.17. The first-order chi connectivity index (χ1) is 7.45. The molecule has 1 heterocycles. The van der Waals surface area contributed by atoms with Gasteiger partial charge in [-0.1, -0.05) is 11.6 Å². The minimum Gasteiger partial charge on any atom is -0.469 e. The van der Waals surface area contributed by atoms with E-state index in [1.165, 1.54) is 13.2 Å². The van der Waals surface area contributed by atoms with Crippen LogP contribution in [0.2, 0.25) is 5.02 Å². The number of esters is 1. The molecule has 0 aliphatic rings. The van der Waals surface area contributed by atoms with Gasteiger partial charge in [-0.25, -0.2) is 13.8 Å². The van der Waals surface area contributed by atoms with Gasteiger partial charge in [-0.15, -0.1) is 0 Å². The van der Waals surface area contributed by atoms with E-state index in [0.717, 1.165) is 0 Å². The summed E-state index contributed by atoms with van der Waals surface area (Å²) < 4.78 is 29.4. The van der Waals surface area contributed by atoms with Crippen molar-refractivity contribution in [3.05, 3.63) is 28.0 Å². The zero-order valence-electron chi connectivity index (χ0n) is 8.76. The highest BCUT2D eigenvalue weighted by Gasteiger charge is 2.17. The maximum Gasteiger partial charge on any atom is 0.311 e. The van der Waals surface area contributed by atoms with Gasteiger partial charge in [0.05, 0.1) is 24.2 Å². The summed E-state index contributed by atoms with van der Waals surface area (Å²) in [6.07, 6.45) is -2.90. The number of hydrogen-bond acceptors (Lipinski definition) is 3. The smallest absolute Gasteiger partial charge is 0.311 e. The van der Waals surface area contributed by atoms with Gasteiger partial charge in [0.15, 0.2) is 0 Å². The number of carbonyl (C=O) groups excluding carboxylic acids is 1. The fraction of sp³-hybridized carbons (Fsp3) is 0.400. The highest BCUT2D eigenvalue weighted by atomic mass is 35.5. The van der Waals surface area contributed by atoms with Crippen LogP contribution in [0.4, 0.5) is 8.78 Å². The second kappa shape index (κ2) is 5.21. The summed E-state index contributed by atoms with van der Waals surface area (Å²) in [6, 6.07) is 1.37. The first kappa shape index (κ1) is 12.8. The predicted octanol–water partition coefficient (Wildman–Crippen LogP) is 2.70. The SMILES string of the molecule is COC(=O)Cc1nc(C(F)F)c(Cl)cc1C. The molecule has 0 amide bonds. The Labute approximate surface area is 96.4 Å². The molecule has 0 aromatic carbocycles. The Morgan fingerprint density at radius 2 is 2.25 bits per heavy atom. The minimum atomic E-state index is -2.76. The fourth-order valence-electron chi connectivity index (χ4n) is 1.18. The number of hydrogen-bond donors (Lipinski definition) is 0. The van der Waals surface area contributed by atoms with Crippen molar-refractivity contribution in [2.24, 2.45) is 0 Å². The van der Waals surface area contributed by atoms with Crippen molar-refractivity contribution in [3.63, 3.8) is 0 Å². The lowest BCUT2D eigenvalue weighted by molar-refractivity contribution is -0.139. The van der Waals surface area contributed by atoms with Gasteiger partial charge >= 0.3 is 5.97 Å².